The van der Waals surface area contributed by atoms with Crippen LogP contribution in [0, 0.1) is 0 Å². The van der Waals surface area contributed by atoms with Crippen LogP contribution in [0.25, 0.3) is 0 Å². The first kappa shape index (κ1) is 17.8. The van der Waals surface area contributed by atoms with Crippen LogP contribution in [0.2, 0.25) is 5.02 Å². The van der Waals surface area contributed by atoms with Gasteiger partial charge < -0.3 is 15.8 Å². The van der Waals surface area contributed by atoms with Gasteiger partial charge in [-0.25, -0.2) is 4.79 Å². The number of amides is 1. The Bertz CT molecular complexity index is 719. The molecule has 2 aromatic carbocycles. The maximum absolute atomic E-state index is 12.1. The van der Waals surface area contributed by atoms with Gasteiger partial charge >= 0.3 is 5.97 Å². The van der Waals surface area contributed by atoms with E-state index in [0.717, 1.165) is 5.56 Å². The summed E-state index contributed by atoms with van der Waals surface area (Å²) in [6.45, 7) is 1.97. The van der Waals surface area contributed by atoms with Gasteiger partial charge in [0.05, 0.1) is 16.3 Å². The normalized spacial score (nSPS) is 11.6. The molecule has 0 heterocycles. The van der Waals surface area contributed by atoms with Crippen LogP contribution in [0.3, 0.4) is 0 Å². The molecule has 5 nitrogen and oxygen atoms in total. The lowest BCUT2D eigenvalue weighted by Crippen LogP contribution is -2.37. The number of hydrogen-bond acceptors (Lipinski definition) is 4. The highest BCUT2D eigenvalue weighted by Gasteiger charge is 2.20. The van der Waals surface area contributed by atoms with E-state index in [1.807, 2.05) is 30.3 Å². The Hall–Kier alpha value is -2.53. The molecule has 0 fully saturated rings. The molecule has 0 bridgehead atoms. The van der Waals surface area contributed by atoms with Crippen LogP contribution in [-0.2, 0) is 16.0 Å². The van der Waals surface area contributed by atoms with Crippen molar-refractivity contribution in [1.82, 2.24) is 5.32 Å². The summed E-state index contributed by atoms with van der Waals surface area (Å²) in [6, 6.07) is 14.5. The van der Waals surface area contributed by atoms with Crippen molar-refractivity contribution < 1.29 is 14.3 Å². The maximum Gasteiger partial charge on any atom is 0.341 e. The van der Waals surface area contributed by atoms with Crippen LogP contribution in [-0.4, -0.2) is 24.5 Å². The number of para-hydroxylation sites is 1. The highest BCUT2D eigenvalue weighted by atomic mass is 35.5. The number of rotatable bonds is 6. The van der Waals surface area contributed by atoms with E-state index in [9.17, 15) is 9.59 Å². The maximum atomic E-state index is 12.1. The summed E-state index contributed by atoms with van der Waals surface area (Å²) in [7, 11) is 0. The van der Waals surface area contributed by atoms with E-state index in [1.165, 1.54) is 13.0 Å². The molecule has 0 spiro atoms. The summed E-state index contributed by atoms with van der Waals surface area (Å²) in [5, 5.41) is 3.01. The Balaban J connectivity index is 1.85. The van der Waals surface area contributed by atoms with Crippen molar-refractivity contribution in [2.45, 2.75) is 19.4 Å². The van der Waals surface area contributed by atoms with E-state index in [4.69, 9.17) is 22.1 Å². The molecule has 24 heavy (non-hydrogen) atoms. The monoisotopic (exact) mass is 346 g/mol. The van der Waals surface area contributed by atoms with E-state index >= 15 is 0 Å². The Labute approximate surface area is 145 Å². The summed E-state index contributed by atoms with van der Waals surface area (Å²) in [4.78, 5) is 24.1. The van der Waals surface area contributed by atoms with Gasteiger partial charge in [-0.15, -0.1) is 0 Å². The van der Waals surface area contributed by atoms with Crippen LogP contribution in [0.15, 0.2) is 48.5 Å². The van der Waals surface area contributed by atoms with Crippen molar-refractivity contribution in [1.29, 1.82) is 0 Å². The zero-order valence-corrected chi connectivity index (χ0v) is 14.0. The van der Waals surface area contributed by atoms with Crippen molar-refractivity contribution >= 4 is 29.2 Å². The van der Waals surface area contributed by atoms with Crippen LogP contribution >= 0.6 is 11.6 Å². The lowest BCUT2D eigenvalue weighted by Gasteiger charge is -2.14. The molecule has 0 aliphatic rings. The first-order valence-electron chi connectivity index (χ1n) is 7.55. The fourth-order valence-electron chi connectivity index (χ4n) is 2.11. The van der Waals surface area contributed by atoms with Gasteiger partial charge in [-0.05, 0) is 31.0 Å². The van der Waals surface area contributed by atoms with E-state index in [2.05, 4.69) is 5.32 Å². The lowest BCUT2D eigenvalue weighted by molar-refractivity contribution is -0.129. The Kier molecular flexibility index (Phi) is 6.21. The fourth-order valence-corrected chi connectivity index (χ4v) is 2.29. The molecule has 0 aliphatic carbocycles. The van der Waals surface area contributed by atoms with Gasteiger partial charge in [0.25, 0.3) is 5.91 Å². The number of nitrogen functional groups attached to an aromatic ring is 1. The number of anilines is 1. The molecule has 1 atom stereocenters. The number of carbonyl (C=O) groups is 2. The van der Waals surface area contributed by atoms with E-state index in [-0.39, 0.29) is 22.2 Å². The minimum absolute atomic E-state index is 0.140. The number of esters is 1. The van der Waals surface area contributed by atoms with Gasteiger partial charge in [0.1, 0.15) is 0 Å². The van der Waals surface area contributed by atoms with E-state index < -0.39 is 12.1 Å². The topological polar surface area (TPSA) is 81.4 Å². The second-order valence-corrected chi connectivity index (χ2v) is 5.68. The zero-order chi connectivity index (χ0) is 17.5. The highest BCUT2D eigenvalue weighted by molar-refractivity contribution is 6.33. The van der Waals surface area contributed by atoms with Gasteiger partial charge in [0.2, 0.25) is 0 Å². The summed E-state index contributed by atoms with van der Waals surface area (Å²) in [5.41, 5.74) is 7.15. The summed E-state index contributed by atoms with van der Waals surface area (Å²) in [5.74, 6) is -1.04. The smallest absolute Gasteiger partial charge is 0.341 e. The summed E-state index contributed by atoms with van der Waals surface area (Å²) < 4.78 is 5.15. The molecule has 126 valence electrons. The van der Waals surface area contributed by atoms with Gasteiger partial charge in [-0.2, -0.15) is 0 Å². The van der Waals surface area contributed by atoms with Crippen molar-refractivity contribution in [3.63, 3.8) is 0 Å². The van der Waals surface area contributed by atoms with Crippen molar-refractivity contribution in [3.05, 3.63) is 64.7 Å². The van der Waals surface area contributed by atoms with Crippen molar-refractivity contribution in [3.8, 4) is 0 Å². The number of benzene rings is 2. The molecular weight excluding hydrogens is 328 g/mol. The molecule has 0 radical (unpaired) electrons. The minimum atomic E-state index is -0.924. The number of carbonyl (C=O) groups excluding carboxylic acids is 2. The third-order valence-electron chi connectivity index (χ3n) is 3.48. The second kappa shape index (κ2) is 8.36. The minimum Gasteiger partial charge on any atom is -0.449 e. The van der Waals surface area contributed by atoms with Crippen LogP contribution in [0.5, 0.6) is 0 Å². The van der Waals surface area contributed by atoms with Crippen LogP contribution in [0.4, 0.5) is 5.69 Å². The predicted molar refractivity (Wildman–Crippen MR) is 93.9 cm³/mol. The fraction of sp³-hybridized carbons (Fsp3) is 0.222. The third-order valence-corrected chi connectivity index (χ3v) is 3.81. The van der Waals surface area contributed by atoms with Gasteiger partial charge in [0.15, 0.2) is 6.10 Å². The molecule has 2 rings (SSSR count). The Morgan fingerprint density at radius 2 is 1.88 bits per heavy atom. The van der Waals surface area contributed by atoms with Crippen LogP contribution < -0.4 is 11.1 Å². The van der Waals surface area contributed by atoms with Crippen LogP contribution in [0.1, 0.15) is 22.8 Å². The van der Waals surface area contributed by atoms with E-state index in [1.54, 1.807) is 12.1 Å². The average molecular weight is 347 g/mol. The summed E-state index contributed by atoms with van der Waals surface area (Å²) >= 11 is 5.87. The second-order valence-electron chi connectivity index (χ2n) is 5.28. The molecule has 0 aromatic heterocycles. The number of nitrogens with one attached hydrogen (secondary N) is 1. The zero-order valence-electron chi connectivity index (χ0n) is 13.3. The molecule has 0 aliphatic heterocycles. The quantitative estimate of drug-likeness (QED) is 0.622. The van der Waals surface area contributed by atoms with Crippen molar-refractivity contribution in [2.75, 3.05) is 12.3 Å². The first-order chi connectivity index (χ1) is 11.5. The van der Waals surface area contributed by atoms with Gasteiger partial charge in [0, 0.05) is 6.54 Å². The third kappa shape index (κ3) is 4.73. The average Bonchev–Trinajstić information content (AvgIpc) is 2.58. The first-order valence-corrected chi connectivity index (χ1v) is 7.93. The number of hydrogen-bond donors (Lipinski definition) is 2. The number of nitrogens with two attached hydrogens (primary N) is 1. The highest BCUT2D eigenvalue weighted by Crippen LogP contribution is 2.23. The molecular formula is C18H19ClN2O3. The molecule has 1 unspecified atom stereocenters. The number of ether oxygens (including phenoxy) is 1. The Morgan fingerprint density at radius 1 is 1.17 bits per heavy atom. The Morgan fingerprint density at radius 3 is 2.58 bits per heavy atom. The SMILES string of the molecule is CC(OC(=O)c1cccc(Cl)c1N)C(=O)NCCc1ccccc1. The van der Waals surface area contributed by atoms with Crippen molar-refractivity contribution in [2.24, 2.45) is 0 Å². The molecule has 0 saturated heterocycles. The van der Waals surface area contributed by atoms with Gasteiger partial charge in [-0.1, -0.05) is 48.0 Å². The largest absolute Gasteiger partial charge is 0.449 e. The molecule has 6 heteroatoms. The molecule has 3 N–H and O–H groups in total. The molecule has 2 aromatic rings. The summed E-state index contributed by atoms with van der Waals surface area (Å²) in [6.07, 6.45) is -0.222. The van der Waals surface area contributed by atoms with E-state index in [0.29, 0.717) is 13.0 Å². The number of halogens is 1. The standard InChI is InChI=1S/C18H19ClN2O3/c1-12(17(22)21-11-10-13-6-3-2-4-7-13)24-18(23)14-8-5-9-15(19)16(14)20/h2-9,12H,10-11,20H2,1H3,(H,21,22). The molecule has 1 amide bonds. The van der Waals surface area contributed by atoms with Gasteiger partial charge in [-0.3, -0.25) is 4.79 Å². The predicted octanol–water partition coefficient (Wildman–Crippen LogP) is 2.83. The lowest BCUT2D eigenvalue weighted by atomic mass is 10.1. The molecule has 0 saturated carbocycles.